The maximum Gasteiger partial charge on any atom is 0.408 e. The molecule has 0 saturated heterocycles. The average molecular weight is 524 g/mol. The van der Waals surface area contributed by atoms with Crippen molar-refractivity contribution >= 4 is 17.9 Å². The lowest BCUT2D eigenvalue weighted by Crippen LogP contribution is -2.55. The summed E-state index contributed by atoms with van der Waals surface area (Å²) in [6.45, 7) is 14.0. The zero-order chi connectivity index (χ0) is 28.3. The Morgan fingerprint density at radius 1 is 0.921 bits per heavy atom. The first kappa shape index (κ1) is 30.9. The van der Waals surface area contributed by atoms with Crippen LogP contribution in [0.5, 0.6) is 0 Å². The first-order chi connectivity index (χ1) is 18.0. The average Bonchev–Trinajstić information content (AvgIpc) is 2.89. The monoisotopic (exact) mass is 523 g/mol. The van der Waals surface area contributed by atoms with Crippen molar-refractivity contribution in [3.8, 4) is 0 Å². The number of rotatable bonds is 12. The van der Waals surface area contributed by atoms with Crippen LogP contribution < -0.4 is 10.6 Å². The molecule has 0 fully saturated rings. The summed E-state index contributed by atoms with van der Waals surface area (Å²) < 4.78 is 5.46. The first-order valence-corrected chi connectivity index (χ1v) is 13.7. The summed E-state index contributed by atoms with van der Waals surface area (Å²) in [7, 11) is 0. The predicted molar refractivity (Wildman–Crippen MR) is 151 cm³/mol. The molecule has 0 heterocycles. The van der Waals surface area contributed by atoms with Gasteiger partial charge in [-0.2, -0.15) is 0 Å². The van der Waals surface area contributed by atoms with Crippen LogP contribution in [0.25, 0.3) is 0 Å². The van der Waals surface area contributed by atoms with E-state index in [0.717, 1.165) is 23.1 Å². The van der Waals surface area contributed by atoms with Crippen LogP contribution in [0.2, 0.25) is 0 Å². The highest BCUT2D eigenvalue weighted by Crippen LogP contribution is 2.26. The molecule has 0 aliphatic heterocycles. The van der Waals surface area contributed by atoms with Gasteiger partial charge in [-0.25, -0.2) is 4.79 Å². The summed E-state index contributed by atoms with van der Waals surface area (Å²) in [5.41, 5.74) is 2.15. The van der Waals surface area contributed by atoms with Gasteiger partial charge in [0.05, 0.1) is 0 Å². The predicted octanol–water partition coefficient (Wildman–Crippen LogP) is 5.78. The Hall–Kier alpha value is -3.35. The van der Waals surface area contributed by atoms with Crippen molar-refractivity contribution in [3.63, 3.8) is 0 Å². The van der Waals surface area contributed by atoms with Crippen LogP contribution in [0.1, 0.15) is 84.0 Å². The molecular weight excluding hydrogens is 478 g/mol. The molecule has 0 saturated carbocycles. The third-order valence-corrected chi connectivity index (χ3v) is 6.47. The number of aryl methyl sites for hydroxylation is 1. The van der Waals surface area contributed by atoms with Crippen molar-refractivity contribution in [1.82, 2.24) is 15.5 Å². The number of hydrogen-bond donors (Lipinski definition) is 2. The van der Waals surface area contributed by atoms with E-state index in [1.54, 1.807) is 25.7 Å². The van der Waals surface area contributed by atoms with Gasteiger partial charge in [-0.15, -0.1) is 0 Å². The fraction of sp³-hybridized carbons (Fsp3) is 0.516. The van der Waals surface area contributed by atoms with Gasteiger partial charge in [0.15, 0.2) is 0 Å². The number of nitrogens with zero attached hydrogens (tertiary/aromatic N) is 1. The second-order valence-electron chi connectivity index (χ2n) is 10.7. The minimum absolute atomic E-state index is 0.162. The summed E-state index contributed by atoms with van der Waals surface area (Å²) in [5, 5.41) is 5.83. The van der Waals surface area contributed by atoms with Crippen molar-refractivity contribution in [2.24, 2.45) is 5.92 Å². The number of carbonyl (C=O) groups excluding carboxylic acids is 3. The molecular formula is C31H45N3O4. The Morgan fingerprint density at radius 3 is 2.08 bits per heavy atom. The van der Waals surface area contributed by atoms with Crippen molar-refractivity contribution < 1.29 is 19.1 Å². The quantitative estimate of drug-likeness (QED) is 0.369. The number of carbonyl (C=O) groups is 3. The molecule has 2 aromatic carbocycles. The minimum Gasteiger partial charge on any atom is -0.444 e. The van der Waals surface area contributed by atoms with Gasteiger partial charge in [-0.1, -0.05) is 88.7 Å². The van der Waals surface area contributed by atoms with Crippen LogP contribution in [-0.4, -0.2) is 41.0 Å². The van der Waals surface area contributed by atoms with Crippen LogP contribution in [0.3, 0.4) is 0 Å². The molecule has 3 amide bonds. The molecule has 208 valence electrons. The molecule has 0 aliphatic carbocycles. The summed E-state index contributed by atoms with van der Waals surface area (Å²) in [4.78, 5) is 42.2. The van der Waals surface area contributed by atoms with E-state index in [4.69, 9.17) is 4.74 Å². The Morgan fingerprint density at radius 2 is 1.55 bits per heavy atom. The highest BCUT2D eigenvalue weighted by Gasteiger charge is 2.37. The normalized spacial score (nSPS) is 13.7. The number of nitrogens with one attached hydrogen (secondary N) is 2. The number of benzene rings is 2. The molecule has 0 bridgehead atoms. The zero-order valence-corrected chi connectivity index (χ0v) is 24.0. The molecule has 0 spiro atoms. The van der Waals surface area contributed by atoms with Crippen LogP contribution in [-0.2, 0) is 27.3 Å². The van der Waals surface area contributed by atoms with Gasteiger partial charge < -0.3 is 20.3 Å². The zero-order valence-electron chi connectivity index (χ0n) is 24.0. The standard InChI is InChI=1S/C31H45N3O4/c1-8-20-34(29(36)26(22(4)9-2)33-30(37)38-31(5,6)7)27(25-18-16-23(10-3)17-19-25)28(35)32-21-24-14-12-11-13-15-24/h11-19,22,26-27H,8-10,20-21H2,1-7H3,(H,32,35)(H,33,37). The number of alkyl carbamates (subject to hydrolysis) is 1. The van der Waals surface area contributed by atoms with Crippen LogP contribution in [0.15, 0.2) is 54.6 Å². The fourth-order valence-corrected chi connectivity index (χ4v) is 4.19. The van der Waals surface area contributed by atoms with E-state index in [1.807, 2.05) is 75.4 Å². The topological polar surface area (TPSA) is 87.7 Å². The molecule has 2 rings (SSSR count). The lowest BCUT2D eigenvalue weighted by atomic mass is 9.95. The Labute approximate surface area is 228 Å². The van der Waals surface area contributed by atoms with E-state index in [1.165, 1.54) is 0 Å². The van der Waals surface area contributed by atoms with E-state index in [9.17, 15) is 14.4 Å². The van der Waals surface area contributed by atoms with Gasteiger partial charge in [-0.3, -0.25) is 9.59 Å². The van der Waals surface area contributed by atoms with Gasteiger partial charge in [0.1, 0.15) is 17.7 Å². The van der Waals surface area contributed by atoms with Crippen molar-refractivity contribution in [2.75, 3.05) is 6.54 Å². The molecule has 2 N–H and O–H groups in total. The number of hydrogen-bond acceptors (Lipinski definition) is 4. The number of amides is 3. The van der Waals surface area contributed by atoms with E-state index < -0.39 is 23.8 Å². The van der Waals surface area contributed by atoms with E-state index in [0.29, 0.717) is 25.9 Å². The van der Waals surface area contributed by atoms with Crippen molar-refractivity contribution in [2.45, 2.75) is 92.0 Å². The van der Waals surface area contributed by atoms with Gasteiger partial charge in [0.25, 0.3) is 0 Å². The highest BCUT2D eigenvalue weighted by atomic mass is 16.6. The maximum atomic E-state index is 14.1. The smallest absolute Gasteiger partial charge is 0.408 e. The third-order valence-electron chi connectivity index (χ3n) is 6.47. The summed E-state index contributed by atoms with van der Waals surface area (Å²) in [6.07, 6.45) is 1.55. The molecule has 3 atom stereocenters. The summed E-state index contributed by atoms with van der Waals surface area (Å²) in [6, 6.07) is 15.8. The van der Waals surface area contributed by atoms with Crippen LogP contribution in [0, 0.1) is 5.92 Å². The van der Waals surface area contributed by atoms with E-state index >= 15 is 0 Å². The summed E-state index contributed by atoms with van der Waals surface area (Å²) in [5.74, 6) is -0.726. The first-order valence-electron chi connectivity index (χ1n) is 13.7. The molecule has 2 aromatic rings. The van der Waals surface area contributed by atoms with E-state index in [-0.39, 0.29) is 17.7 Å². The Kier molecular flexibility index (Phi) is 11.8. The van der Waals surface area contributed by atoms with Gasteiger partial charge >= 0.3 is 6.09 Å². The number of ether oxygens (including phenoxy) is 1. The summed E-state index contributed by atoms with van der Waals surface area (Å²) >= 11 is 0. The lowest BCUT2D eigenvalue weighted by molar-refractivity contribution is -0.143. The van der Waals surface area contributed by atoms with Gasteiger partial charge in [0, 0.05) is 13.1 Å². The second kappa shape index (κ2) is 14.6. The van der Waals surface area contributed by atoms with Gasteiger partial charge in [0.2, 0.25) is 11.8 Å². The molecule has 0 aromatic heterocycles. The molecule has 38 heavy (non-hydrogen) atoms. The largest absolute Gasteiger partial charge is 0.444 e. The van der Waals surface area contributed by atoms with Crippen LogP contribution in [0.4, 0.5) is 4.79 Å². The second-order valence-corrected chi connectivity index (χ2v) is 10.7. The highest BCUT2D eigenvalue weighted by molar-refractivity contribution is 5.92. The van der Waals surface area contributed by atoms with Crippen LogP contribution >= 0.6 is 0 Å². The SMILES string of the molecule is CCCN(C(=O)C(NC(=O)OC(C)(C)C)C(C)CC)C(C(=O)NCc1ccccc1)c1ccc(CC)cc1. The van der Waals surface area contributed by atoms with Gasteiger partial charge in [-0.05, 0) is 56.2 Å². The molecule has 3 unspecified atom stereocenters. The lowest BCUT2D eigenvalue weighted by Gasteiger charge is -2.36. The maximum absolute atomic E-state index is 14.1. The molecule has 7 heteroatoms. The molecule has 7 nitrogen and oxygen atoms in total. The third kappa shape index (κ3) is 9.19. The van der Waals surface area contributed by atoms with Crippen molar-refractivity contribution in [3.05, 3.63) is 71.3 Å². The van der Waals surface area contributed by atoms with Crippen molar-refractivity contribution in [1.29, 1.82) is 0 Å². The molecule has 0 aliphatic rings. The fourth-order valence-electron chi connectivity index (χ4n) is 4.19. The Bertz CT molecular complexity index is 1030. The molecule has 0 radical (unpaired) electrons. The Balaban J connectivity index is 2.45. The van der Waals surface area contributed by atoms with E-state index in [2.05, 4.69) is 17.6 Å². The minimum atomic E-state index is -0.843.